The lowest BCUT2D eigenvalue weighted by atomic mass is 9.54. The Balaban J connectivity index is 1.12. The first-order chi connectivity index (χ1) is 29.5. The predicted octanol–water partition coefficient (Wildman–Crippen LogP) is 17.5. The van der Waals surface area contributed by atoms with Crippen molar-refractivity contribution in [3.05, 3.63) is 188 Å². The first-order valence-electron chi connectivity index (χ1n) is 24.3. The summed E-state index contributed by atoms with van der Waals surface area (Å²) in [5.41, 5.74) is 23.4. The normalized spacial score (nSPS) is 27.7. The van der Waals surface area contributed by atoms with Crippen LogP contribution < -0.4 is 0 Å². The maximum Gasteiger partial charge on any atom is 0.0655 e. The molecule has 2 aromatic carbocycles. The monoisotopic (exact) mass is 819 g/mol. The Kier molecular flexibility index (Phi) is 10.8. The van der Waals surface area contributed by atoms with Crippen LogP contribution in [-0.4, -0.2) is 0 Å². The minimum atomic E-state index is -0.475. The van der Waals surface area contributed by atoms with Crippen LogP contribution in [0.3, 0.4) is 0 Å². The van der Waals surface area contributed by atoms with Gasteiger partial charge in [-0.15, -0.1) is 0 Å². The molecule has 0 aliphatic heterocycles. The molecule has 0 N–H and O–H groups in total. The molecule has 7 aliphatic carbocycles. The molecule has 322 valence electrons. The van der Waals surface area contributed by atoms with Crippen molar-refractivity contribution in [1.82, 2.24) is 0 Å². The molecule has 7 aliphatic rings. The van der Waals surface area contributed by atoms with E-state index in [1.807, 2.05) is 0 Å². The van der Waals surface area contributed by atoms with Gasteiger partial charge >= 0.3 is 0 Å². The lowest BCUT2D eigenvalue weighted by Gasteiger charge is -2.48. The van der Waals surface area contributed by atoms with Crippen LogP contribution in [0.1, 0.15) is 178 Å². The quantitative estimate of drug-likeness (QED) is 0.157. The highest BCUT2D eigenvalue weighted by molar-refractivity contribution is 5.74. The number of fused-ring (bicyclic) bond motifs is 3. The van der Waals surface area contributed by atoms with E-state index in [-0.39, 0.29) is 10.8 Å². The van der Waals surface area contributed by atoms with Crippen molar-refractivity contribution in [2.75, 3.05) is 0 Å². The minimum absolute atomic E-state index is 0.0964. The smallest absolute Gasteiger partial charge is 0.0655 e. The third kappa shape index (κ3) is 7.30. The predicted molar refractivity (Wildman–Crippen MR) is 268 cm³/mol. The highest BCUT2D eigenvalue weighted by Gasteiger charge is 2.69. The van der Waals surface area contributed by atoms with E-state index in [9.17, 15) is 0 Å². The van der Waals surface area contributed by atoms with Crippen LogP contribution in [0.2, 0.25) is 0 Å². The van der Waals surface area contributed by atoms with E-state index in [0.717, 1.165) is 67.4 Å². The molecule has 0 nitrogen and oxygen atoms in total. The van der Waals surface area contributed by atoms with Gasteiger partial charge in [-0.25, -0.2) is 0 Å². The van der Waals surface area contributed by atoms with Crippen LogP contribution in [-0.2, 0) is 6.42 Å². The fourth-order valence-electron chi connectivity index (χ4n) is 12.6. The average Bonchev–Trinajstić information content (AvgIpc) is 4.15. The average molecular weight is 819 g/mol. The molecule has 62 heavy (non-hydrogen) atoms. The van der Waals surface area contributed by atoms with Gasteiger partial charge in [-0.3, -0.25) is 0 Å². The van der Waals surface area contributed by atoms with Gasteiger partial charge in [0.2, 0.25) is 0 Å². The summed E-state index contributed by atoms with van der Waals surface area (Å²) >= 11 is 0. The summed E-state index contributed by atoms with van der Waals surface area (Å²) in [5, 5.41) is 0. The molecule has 9 rings (SSSR count). The summed E-state index contributed by atoms with van der Waals surface area (Å²) in [7, 11) is 0. The van der Waals surface area contributed by atoms with Gasteiger partial charge in [-0.05, 0) is 186 Å². The number of benzene rings is 2. The molecule has 2 aromatic rings. The number of allylic oxidation sites excluding steroid dienone is 20. The van der Waals surface area contributed by atoms with Crippen molar-refractivity contribution in [3.8, 4) is 0 Å². The van der Waals surface area contributed by atoms with Gasteiger partial charge in [0.1, 0.15) is 0 Å². The molecule has 0 heterocycles. The lowest BCUT2D eigenvalue weighted by molar-refractivity contribution is 0.235. The number of rotatable bonds is 11. The SMILES string of the molecule is C=C(/C=C\C=C(/C)C1(C(=C)/C=C\C=C(/C)c2ccc3c(c2)C2CC24CCC34)C2=C(CCC(C(C)(C)C)=C2)CC2=C1C=C(C(C)(C)C)CC2)c1ccc(C/C=C/C)c(C2CC2C)c1. The lowest BCUT2D eigenvalue weighted by Crippen LogP contribution is -2.36. The second kappa shape index (κ2) is 15.7. The molecular weight excluding hydrogens is 745 g/mol. The van der Waals surface area contributed by atoms with E-state index >= 15 is 0 Å². The first-order valence-corrected chi connectivity index (χ1v) is 24.3. The van der Waals surface area contributed by atoms with Crippen molar-refractivity contribution in [2.24, 2.45) is 27.6 Å². The molecular formula is C62H74. The zero-order valence-electron chi connectivity index (χ0n) is 40.0. The first kappa shape index (κ1) is 42.9. The second-order valence-electron chi connectivity index (χ2n) is 22.7. The molecule has 0 amide bonds. The van der Waals surface area contributed by atoms with Crippen LogP contribution in [0, 0.1) is 27.6 Å². The maximum absolute atomic E-state index is 5.11. The van der Waals surface area contributed by atoms with E-state index in [1.165, 1.54) is 70.2 Å². The van der Waals surface area contributed by atoms with Gasteiger partial charge in [0.05, 0.1) is 5.41 Å². The topological polar surface area (TPSA) is 0 Å². The Morgan fingerprint density at radius 2 is 1.39 bits per heavy atom. The van der Waals surface area contributed by atoms with Gasteiger partial charge < -0.3 is 0 Å². The molecule has 1 spiro atoms. The zero-order valence-corrected chi connectivity index (χ0v) is 40.0. The summed E-state index contributed by atoms with van der Waals surface area (Å²) < 4.78 is 0. The third-order valence-corrected chi connectivity index (χ3v) is 16.9. The van der Waals surface area contributed by atoms with Gasteiger partial charge in [-0.1, -0.05) is 187 Å². The summed E-state index contributed by atoms with van der Waals surface area (Å²) in [5.74, 6) is 3.08. The number of hydrogen-bond acceptors (Lipinski definition) is 0. The van der Waals surface area contributed by atoms with Gasteiger partial charge in [0.25, 0.3) is 0 Å². The van der Waals surface area contributed by atoms with E-state index in [0.29, 0.717) is 11.3 Å². The molecule has 5 atom stereocenters. The highest BCUT2D eigenvalue weighted by atomic mass is 14.7. The maximum atomic E-state index is 5.11. The van der Waals surface area contributed by atoms with E-state index in [2.05, 4.69) is 173 Å². The van der Waals surface area contributed by atoms with Crippen molar-refractivity contribution < 1.29 is 0 Å². The summed E-state index contributed by atoms with van der Waals surface area (Å²) in [4.78, 5) is 0. The molecule has 3 saturated carbocycles. The molecule has 5 unspecified atom stereocenters. The Morgan fingerprint density at radius 3 is 1.98 bits per heavy atom. The van der Waals surface area contributed by atoms with E-state index in [1.54, 1.807) is 33.4 Å². The van der Waals surface area contributed by atoms with Gasteiger partial charge in [0, 0.05) is 0 Å². The van der Waals surface area contributed by atoms with Crippen LogP contribution in [0.4, 0.5) is 0 Å². The van der Waals surface area contributed by atoms with Crippen molar-refractivity contribution in [3.63, 3.8) is 0 Å². The Labute approximate surface area is 376 Å². The molecule has 0 bridgehead atoms. The molecule has 0 heteroatoms. The van der Waals surface area contributed by atoms with Gasteiger partial charge in [0.15, 0.2) is 0 Å². The molecule has 0 radical (unpaired) electrons. The van der Waals surface area contributed by atoms with Crippen LogP contribution >= 0.6 is 0 Å². The van der Waals surface area contributed by atoms with Crippen molar-refractivity contribution in [1.29, 1.82) is 0 Å². The molecule has 3 fully saturated rings. The van der Waals surface area contributed by atoms with Crippen LogP contribution in [0.15, 0.2) is 155 Å². The summed E-state index contributed by atoms with van der Waals surface area (Å²) in [6.45, 7) is 33.3. The molecule has 0 saturated heterocycles. The summed E-state index contributed by atoms with van der Waals surface area (Å²) in [6, 6.07) is 14.5. The fraction of sp³-hybridized carbons (Fsp3) is 0.452. The Morgan fingerprint density at radius 1 is 0.758 bits per heavy atom. The van der Waals surface area contributed by atoms with E-state index < -0.39 is 5.41 Å². The minimum Gasteiger partial charge on any atom is -0.0943 e. The number of hydrogen-bond donors (Lipinski definition) is 0. The van der Waals surface area contributed by atoms with Crippen LogP contribution in [0.25, 0.3) is 11.1 Å². The zero-order chi connectivity index (χ0) is 43.9. The van der Waals surface area contributed by atoms with Gasteiger partial charge in [-0.2, -0.15) is 0 Å². The standard InChI is InChI=1S/C62H74/c1-13-14-21-44-22-23-45(34-53(44)52-32-41(52)4)39(2)17-15-19-42(5)62(43(6)20-16-18-40(3)46-26-29-51-54(35-46)58-38-61(58)31-30-55(51)61)56-36-49(59(7,8)9)27-24-47(56)33-48-25-28-50(37-57(48)62)60(10,11)12/h13-20,22-23,26,29,34-37,41,52,55,58H,2,6,21,24-25,27-28,30-33,38H2,1,3-5,7-12H3/b14-13+,17-15-,20-16-,40-18+,42-19+. The van der Waals surface area contributed by atoms with Crippen molar-refractivity contribution in [2.45, 2.75) is 151 Å². The van der Waals surface area contributed by atoms with Crippen molar-refractivity contribution >= 4 is 11.1 Å². The van der Waals surface area contributed by atoms with E-state index in [4.69, 9.17) is 6.58 Å². The highest BCUT2D eigenvalue weighted by Crippen LogP contribution is 2.81. The van der Waals surface area contributed by atoms with Crippen LogP contribution in [0.5, 0.6) is 0 Å². The second-order valence-corrected chi connectivity index (χ2v) is 22.7. The molecule has 0 aromatic heterocycles. The Bertz CT molecular complexity index is 2460. The largest absolute Gasteiger partial charge is 0.0943 e. The third-order valence-electron chi connectivity index (χ3n) is 16.9. The Hall–Kier alpha value is -4.42. The fourth-order valence-corrected chi connectivity index (χ4v) is 12.6. The summed E-state index contributed by atoms with van der Waals surface area (Å²) in [6.07, 6.45) is 35.8.